The number of hydrazine groups is 1. The SMILES string of the molecule is Cc1nc(NN)c(C)c(Nc2ccc(C(C)(C)C)cc2)n1. The highest BCUT2D eigenvalue weighted by molar-refractivity contribution is 5.64. The molecule has 4 N–H and O–H groups in total. The molecule has 0 bridgehead atoms. The van der Waals surface area contributed by atoms with Crippen LogP contribution in [0.3, 0.4) is 0 Å². The predicted octanol–water partition coefficient (Wildman–Crippen LogP) is 3.42. The molecule has 0 saturated heterocycles. The summed E-state index contributed by atoms with van der Waals surface area (Å²) in [5, 5.41) is 3.32. The standard InChI is InChI=1S/C16H23N5/c1-10-14(18-11(2)19-15(10)21-17)20-13-8-6-12(7-9-13)16(3,4)5/h6-9H,17H2,1-5H3,(H2,18,19,20,21). The van der Waals surface area contributed by atoms with Crippen molar-refractivity contribution in [2.24, 2.45) is 5.84 Å². The van der Waals surface area contributed by atoms with Crippen LogP contribution in [-0.2, 0) is 5.41 Å². The number of benzene rings is 1. The van der Waals surface area contributed by atoms with Gasteiger partial charge >= 0.3 is 0 Å². The summed E-state index contributed by atoms with van der Waals surface area (Å²) in [4.78, 5) is 8.68. The van der Waals surface area contributed by atoms with Gasteiger partial charge in [0.15, 0.2) is 0 Å². The van der Waals surface area contributed by atoms with Gasteiger partial charge in [0.1, 0.15) is 17.5 Å². The van der Waals surface area contributed by atoms with Crippen molar-refractivity contribution in [2.75, 3.05) is 10.7 Å². The quantitative estimate of drug-likeness (QED) is 0.595. The third-order valence-electron chi connectivity index (χ3n) is 3.41. The topological polar surface area (TPSA) is 75.9 Å². The van der Waals surface area contributed by atoms with E-state index in [9.17, 15) is 0 Å². The maximum atomic E-state index is 5.48. The number of nitrogens with two attached hydrogens (primary N) is 1. The van der Waals surface area contributed by atoms with Crippen molar-refractivity contribution in [3.05, 3.63) is 41.2 Å². The second kappa shape index (κ2) is 5.69. The first-order valence-corrected chi connectivity index (χ1v) is 7.00. The maximum absolute atomic E-state index is 5.48. The van der Waals surface area contributed by atoms with Crippen LogP contribution in [0.5, 0.6) is 0 Å². The Morgan fingerprint density at radius 2 is 1.52 bits per heavy atom. The van der Waals surface area contributed by atoms with Gasteiger partial charge in [0, 0.05) is 11.3 Å². The van der Waals surface area contributed by atoms with Crippen molar-refractivity contribution in [3.63, 3.8) is 0 Å². The molecule has 21 heavy (non-hydrogen) atoms. The van der Waals surface area contributed by atoms with E-state index in [1.165, 1.54) is 5.56 Å². The van der Waals surface area contributed by atoms with Crippen molar-refractivity contribution in [1.29, 1.82) is 0 Å². The summed E-state index contributed by atoms with van der Waals surface area (Å²) in [7, 11) is 0. The Morgan fingerprint density at radius 1 is 0.952 bits per heavy atom. The maximum Gasteiger partial charge on any atom is 0.148 e. The zero-order valence-electron chi connectivity index (χ0n) is 13.3. The van der Waals surface area contributed by atoms with Crippen LogP contribution in [0.15, 0.2) is 24.3 Å². The summed E-state index contributed by atoms with van der Waals surface area (Å²) < 4.78 is 0. The summed E-state index contributed by atoms with van der Waals surface area (Å²) in [6.07, 6.45) is 0. The van der Waals surface area contributed by atoms with E-state index in [2.05, 4.69) is 65.7 Å². The highest BCUT2D eigenvalue weighted by Crippen LogP contribution is 2.26. The number of hydrogen-bond acceptors (Lipinski definition) is 5. The second-order valence-corrected chi connectivity index (χ2v) is 6.19. The zero-order valence-corrected chi connectivity index (χ0v) is 13.3. The molecule has 2 rings (SSSR count). The molecule has 0 atom stereocenters. The average molecular weight is 285 g/mol. The van der Waals surface area contributed by atoms with Gasteiger partial charge in [-0.25, -0.2) is 15.8 Å². The molecule has 1 aromatic carbocycles. The zero-order chi connectivity index (χ0) is 15.6. The molecule has 0 fully saturated rings. The van der Waals surface area contributed by atoms with Crippen LogP contribution in [0.1, 0.15) is 37.7 Å². The van der Waals surface area contributed by atoms with Gasteiger partial charge in [-0.15, -0.1) is 0 Å². The second-order valence-electron chi connectivity index (χ2n) is 6.19. The molecule has 1 heterocycles. The lowest BCUT2D eigenvalue weighted by Gasteiger charge is -2.19. The summed E-state index contributed by atoms with van der Waals surface area (Å²) in [6, 6.07) is 8.39. The number of nitrogens with one attached hydrogen (secondary N) is 2. The summed E-state index contributed by atoms with van der Waals surface area (Å²) >= 11 is 0. The Bertz CT molecular complexity index is 626. The normalized spacial score (nSPS) is 11.3. The smallest absolute Gasteiger partial charge is 0.148 e. The molecular weight excluding hydrogens is 262 g/mol. The summed E-state index contributed by atoms with van der Waals surface area (Å²) in [5.41, 5.74) is 5.93. The minimum absolute atomic E-state index is 0.149. The van der Waals surface area contributed by atoms with Crippen molar-refractivity contribution in [2.45, 2.75) is 40.0 Å². The van der Waals surface area contributed by atoms with Gasteiger partial charge in [-0.1, -0.05) is 32.9 Å². The highest BCUT2D eigenvalue weighted by atomic mass is 15.3. The van der Waals surface area contributed by atoms with Crippen molar-refractivity contribution in [1.82, 2.24) is 9.97 Å². The fraction of sp³-hybridized carbons (Fsp3) is 0.375. The molecule has 2 aromatic rings. The molecule has 5 nitrogen and oxygen atoms in total. The van der Waals surface area contributed by atoms with E-state index in [0.29, 0.717) is 11.6 Å². The Hall–Kier alpha value is -2.14. The van der Waals surface area contributed by atoms with E-state index in [1.807, 2.05) is 13.8 Å². The molecular formula is C16H23N5. The minimum atomic E-state index is 0.149. The molecule has 0 radical (unpaired) electrons. The highest BCUT2D eigenvalue weighted by Gasteiger charge is 2.13. The molecule has 0 aliphatic rings. The lowest BCUT2D eigenvalue weighted by Crippen LogP contribution is -2.13. The van der Waals surface area contributed by atoms with E-state index >= 15 is 0 Å². The molecule has 0 saturated carbocycles. The van der Waals surface area contributed by atoms with E-state index < -0.39 is 0 Å². The number of nitrogen functional groups attached to an aromatic ring is 1. The lowest BCUT2D eigenvalue weighted by molar-refractivity contribution is 0.590. The van der Waals surface area contributed by atoms with Crippen LogP contribution in [0.25, 0.3) is 0 Å². The van der Waals surface area contributed by atoms with Gasteiger partial charge < -0.3 is 10.7 Å². The average Bonchev–Trinajstić information content (AvgIpc) is 2.42. The largest absolute Gasteiger partial charge is 0.340 e. The first-order valence-electron chi connectivity index (χ1n) is 7.00. The number of hydrogen-bond donors (Lipinski definition) is 3. The number of aryl methyl sites for hydroxylation is 1. The molecule has 1 aromatic heterocycles. The van der Waals surface area contributed by atoms with Gasteiger partial charge in [-0.3, -0.25) is 0 Å². The van der Waals surface area contributed by atoms with Crippen molar-refractivity contribution in [3.8, 4) is 0 Å². The van der Waals surface area contributed by atoms with E-state index in [0.717, 1.165) is 17.1 Å². The predicted molar refractivity (Wildman–Crippen MR) is 87.7 cm³/mol. The number of nitrogens with zero attached hydrogens (tertiary/aromatic N) is 2. The number of aromatic nitrogens is 2. The Kier molecular flexibility index (Phi) is 4.14. The van der Waals surface area contributed by atoms with E-state index in [-0.39, 0.29) is 5.41 Å². The van der Waals surface area contributed by atoms with Gasteiger partial charge in [-0.2, -0.15) is 0 Å². The molecule has 5 heteroatoms. The molecule has 0 unspecified atom stereocenters. The van der Waals surface area contributed by atoms with Crippen LogP contribution < -0.4 is 16.6 Å². The van der Waals surface area contributed by atoms with Crippen LogP contribution in [0.4, 0.5) is 17.3 Å². The minimum Gasteiger partial charge on any atom is -0.340 e. The summed E-state index contributed by atoms with van der Waals surface area (Å²) in [6.45, 7) is 10.4. The van der Waals surface area contributed by atoms with E-state index in [1.54, 1.807) is 0 Å². The van der Waals surface area contributed by atoms with Crippen molar-refractivity contribution < 1.29 is 0 Å². The van der Waals surface area contributed by atoms with Crippen LogP contribution in [0.2, 0.25) is 0 Å². The first-order chi connectivity index (χ1) is 9.81. The third kappa shape index (κ3) is 3.49. The van der Waals surface area contributed by atoms with Gasteiger partial charge in [-0.05, 0) is 37.0 Å². The lowest BCUT2D eigenvalue weighted by atomic mass is 9.87. The number of anilines is 3. The molecule has 0 aliphatic carbocycles. The van der Waals surface area contributed by atoms with Gasteiger partial charge in [0.25, 0.3) is 0 Å². The third-order valence-corrected chi connectivity index (χ3v) is 3.41. The van der Waals surface area contributed by atoms with Crippen molar-refractivity contribution >= 4 is 17.3 Å². The molecule has 0 amide bonds. The first kappa shape index (κ1) is 15.3. The van der Waals surface area contributed by atoms with Crippen LogP contribution in [0, 0.1) is 13.8 Å². The Labute approximate surface area is 126 Å². The molecule has 0 aliphatic heterocycles. The van der Waals surface area contributed by atoms with E-state index in [4.69, 9.17) is 5.84 Å². The fourth-order valence-corrected chi connectivity index (χ4v) is 2.08. The molecule has 112 valence electrons. The van der Waals surface area contributed by atoms with Gasteiger partial charge in [0.05, 0.1) is 0 Å². The van der Waals surface area contributed by atoms with Gasteiger partial charge in [0.2, 0.25) is 0 Å². The Morgan fingerprint density at radius 3 is 2.05 bits per heavy atom. The molecule has 0 spiro atoms. The van der Waals surface area contributed by atoms with Crippen LogP contribution >= 0.6 is 0 Å². The monoisotopic (exact) mass is 285 g/mol. The van der Waals surface area contributed by atoms with Crippen LogP contribution in [-0.4, -0.2) is 9.97 Å². The summed E-state index contributed by atoms with van der Waals surface area (Å²) in [5.74, 6) is 7.55. The number of rotatable bonds is 3. The Balaban J connectivity index is 2.28. The fourth-order valence-electron chi connectivity index (χ4n) is 2.08.